The van der Waals surface area contributed by atoms with Gasteiger partial charge in [-0.25, -0.2) is 0 Å². The molecule has 0 aliphatic heterocycles. The van der Waals surface area contributed by atoms with Crippen LogP contribution in [0, 0.1) is 5.41 Å². The molecular formula is C9H18O3. The molecule has 0 radical (unpaired) electrons. The van der Waals surface area contributed by atoms with Crippen LogP contribution in [0.15, 0.2) is 0 Å². The summed E-state index contributed by atoms with van der Waals surface area (Å²) in [6.07, 6.45) is -0.443. The van der Waals surface area contributed by atoms with Crippen LogP contribution in [0.3, 0.4) is 0 Å². The number of carbonyl (C=O) groups is 1. The smallest absolute Gasteiger partial charge is 0.304 e. The van der Waals surface area contributed by atoms with E-state index >= 15 is 0 Å². The van der Waals surface area contributed by atoms with Gasteiger partial charge in [0.15, 0.2) is 6.29 Å². The fourth-order valence-electron chi connectivity index (χ4n) is 0.635. The third kappa shape index (κ3) is 7.54. The normalized spacial score (nSPS) is 14.1. The molecule has 0 saturated heterocycles. The molecule has 0 saturated carbocycles. The highest BCUT2D eigenvalue weighted by Crippen LogP contribution is 2.14. The molecule has 0 spiro atoms. The van der Waals surface area contributed by atoms with Crippen LogP contribution in [0.1, 0.15) is 34.6 Å². The van der Waals surface area contributed by atoms with Gasteiger partial charge in [-0.3, -0.25) is 4.79 Å². The van der Waals surface area contributed by atoms with Gasteiger partial charge in [0.2, 0.25) is 0 Å². The van der Waals surface area contributed by atoms with Crippen LogP contribution in [0.25, 0.3) is 0 Å². The van der Waals surface area contributed by atoms with E-state index in [1.165, 1.54) is 6.92 Å². The Bertz CT molecular complexity index is 146. The van der Waals surface area contributed by atoms with Gasteiger partial charge < -0.3 is 9.47 Å². The molecule has 12 heavy (non-hydrogen) atoms. The lowest BCUT2D eigenvalue weighted by atomic mass is 9.99. The summed E-state index contributed by atoms with van der Waals surface area (Å²) in [5.41, 5.74) is 0.106. The minimum absolute atomic E-state index is 0.106. The molecule has 0 aliphatic rings. The van der Waals surface area contributed by atoms with E-state index in [2.05, 4.69) is 20.8 Å². The summed E-state index contributed by atoms with van der Waals surface area (Å²) in [5, 5.41) is 0. The highest BCUT2D eigenvalue weighted by atomic mass is 16.7. The van der Waals surface area contributed by atoms with Gasteiger partial charge in [0.25, 0.3) is 0 Å². The second-order valence-electron chi connectivity index (χ2n) is 4.05. The Kier molecular flexibility index (Phi) is 4.24. The molecule has 1 unspecified atom stereocenters. The molecule has 1 atom stereocenters. The number of carbonyl (C=O) groups excluding carboxylic acids is 1. The number of hydrogen-bond acceptors (Lipinski definition) is 3. The second-order valence-corrected chi connectivity index (χ2v) is 4.05. The highest BCUT2D eigenvalue weighted by molar-refractivity contribution is 5.65. The van der Waals surface area contributed by atoms with E-state index in [4.69, 9.17) is 9.47 Å². The molecule has 0 N–H and O–H groups in total. The number of hydrogen-bond donors (Lipinski definition) is 0. The van der Waals surface area contributed by atoms with E-state index in [-0.39, 0.29) is 11.4 Å². The first-order valence-corrected chi connectivity index (χ1v) is 4.10. The second kappa shape index (κ2) is 4.45. The Morgan fingerprint density at radius 3 is 2.25 bits per heavy atom. The van der Waals surface area contributed by atoms with Gasteiger partial charge in [-0.2, -0.15) is 0 Å². The van der Waals surface area contributed by atoms with Crippen LogP contribution in [0.4, 0.5) is 0 Å². The summed E-state index contributed by atoms with van der Waals surface area (Å²) in [4.78, 5) is 10.5. The van der Waals surface area contributed by atoms with Gasteiger partial charge >= 0.3 is 5.97 Å². The van der Waals surface area contributed by atoms with Crippen LogP contribution in [0.5, 0.6) is 0 Å². The zero-order valence-electron chi connectivity index (χ0n) is 8.51. The lowest BCUT2D eigenvalue weighted by Gasteiger charge is -2.21. The van der Waals surface area contributed by atoms with Crippen molar-refractivity contribution in [1.82, 2.24) is 0 Å². The molecule has 72 valence electrons. The van der Waals surface area contributed by atoms with Crippen LogP contribution in [0.2, 0.25) is 0 Å². The van der Waals surface area contributed by atoms with Crippen LogP contribution < -0.4 is 0 Å². The summed E-state index contributed by atoms with van der Waals surface area (Å²) >= 11 is 0. The average molecular weight is 174 g/mol. The fourth-order valence-corrected chi connectivity index (χ4v) is 0.635. The molecule has 0 heterocycles. The SMILES string of the molecule is CC(=O)OC(C)OCC(C)(C)C. The maximum atomic E-state index is 10.5. The average Bonchev–Trinajstić information content (AvgIpc) is 1.80. The highest BCUT2D eigenvalue weighted by Gasteiger charge is 2.13. The van der Waals surface area contributed by atoms with Gasteiger partial charge in [0.1, 0.15) is 0 Å². The molecule has 0 aliphatic carbocycles. The monoisotopic (exact) mass is 174 g/mol. The topological polar surface area (TPSA) is 35.5 Å². The third-order valence-corrected chi connectivity index (χ3v) is 1.08. The van der Waals surface area contributed by atoms with E-state index in [1.807, 2.05) is 0 Å². The van der Waals surface area contributed by atoms with E-state index < -0.39 is 6.29 Å². The van der Waals surface area contributed by atoms with Crippen molar-refractivity contribution in [1.29, 1.82) is 0 Å². The van der Waals surface area contributed by atoms with Gasteiger partial charge in [0.05, 0.1) is 6.61 Å². The van der Waals surface area contributed by atoms with Gasteiger partial charge in [-0.15, -0.1) is 0 Å². The molecule has 3 heteroatoms. The molecule has 0 rings (SSSR count). The number of rotatable bonds is 3. The maximum Gasteiger partial charge on any atom is 0.304 e. The van der Waals surface area contributed by atoms with Crippen molar-refractivity contribution in [2.45, 2.75) is 40.9 Å². The minimum Gasteiger partial charge on any atom is -0.436 e. The Labute approximate surface area is 74.0 Å². The quantitative estimate of drug-likeness (QED) is 0.484. The molecule has 0 bridgehead atoms. The molecule has 0 aromatic carbocycles. The largest absolute Gasteiger partial charge is 0.436 e. The van der Waals surface area contributed by atoms with Crippen molar-refractivity contribution in [2.24, 2.45) is 5.41 Å². The molecular weight excluding hydrogens is 156 g/mol. The summed E-state index contributed by atoms with van der Waals surface area (Å²) < 4.78 is 10.1. The van der Waals surface area contributed by atoms with Crippen molar-refractivity contribution in [2.75, 3.05) is 6.61 Å². The predicted octanol–water partition coefficient (Wildman–Crippen LogP) is 1.96. The van der Waals surface area contributed by atoms with Crippen LogP contribution in [-0.2, 0) is 14.3 Å². The molecule has 0 aromatic heterocycles. The summed E-state index contributed by atoms with van der Waals surface area (Å²) in [6, 6.07) is 0. The Morgan fingerprint density at radius 2 is 1.92 bits per heavy atom. The molecule has 0 amide bonds. The standard InChI is InChI=1S/C9H18O3/c1-7(10)12-8(2)11-6-9(3,4)5/h8H,6H2,1-5H3. The van der Waals surface area contributed by atoms with Crippen molar-refractivity contribution in [3.8, 4) is 0 Å². The summed E-state index contributed by atoms with van der Waals surface area (Å²) in [7, 11) is 0. The first-order valence-electron chi connectivity index (χ1n) is 4.10. The van der Waals surface area contributed by atoms with Crippen molar-refractivity contribution < 1.29 is 14.3 Å². The Hall–Kier alpha value is -0.570. The zero-order chi connectivity index (χ0) is 9.78. The van der Waals surface area contributed by atoms with E-state index in [0.29, 0.717) is 6.61 Å². The van der Waals surface area contributed by atoms with E-state index in [1.54, 1.807) is 6.92 Å². The Morgan fingerprint density at radius 1 is 1.42 bits per heavy atom. The number of esters is 1. The lowest BCUT2D eigenvalue weighted by molar-refractivity contribution is -0.176. The van der Waals surface area contributed by atoms with Crippen molar-refractivity contribution in [3.05, 3.63) is 0 Å². The fraction of sp³-hybridized carbons (Fsp3) is 0.889. The lowest BCUT2D eigenvalue weighted by Crippen LogP contribution is -2.23. The van der Waals surface area contributed by atoms with Gasteiger partial charge in [-0.05, 0) is 12.3 Å². The van der Waals surface area contributed by atoms with E-state index in [9.17, 15) is 4.79 Å². The van der Waals surface area contributed by atoms with Crippen LogP contribution >= 0.6 is 0 Å². The summed E-state index contributed by atoms with van der Waals surface area (Å²) in [5.74, 6) is -0.309. The molecule has 3 nitrogen and oxygen atoms in total. The maximum absolute atomic E-state index is 10.5. The first-order chi connectivity index (χ1) is 5.31. The molecule has 0 fully saturated rings. The summed E-state index contributed by atoms with van der Waals surface area (Å²) in [6.45, 7) is 9.86. The van der Waals surface area contributed by atoms with Crippen LogP contribution in [-0.4, -0.2) is 18.9 Å². The van der Waals surface area contributed by atoms with Gasteiger partial charge in [-0.1, -0.05) is 20.8 Å². The third-order valence-electron chi connectivity index (χ3n) is 1.08. The molecule has 0 aromatic rings. The first kappa shape index (κ1) is 11.4. The van der Waals surface area contributed by atoms with E-state index in [0.717, 1.165) is 0 Å². The van der Waals surface area contributed by atoms with Crippen molar-refractivity contribution in [3.63, 3.8) is 0 Å². The van der Waals surface area contributed by atoms with Gasteiger partial charge in [0, 0.05) is 6.92 Å². The van der Waals surface area contributed by atoms with Crippen molar-refractivity contribution >= 4 is 5.97 Å². The Balaban J connectivity index is 3.57. The zero-order valence-corrected chi connectivity index (χ0v) is 8.51. The predicted molar refractivity (Wildman–Crippen MR) is 46.6 cm³/mol. The number of ether oxygens (including phenoxy) is 2. The minimum atomic E-state index is -0.443.